The number of carboxylic acid groups (broad SMARTS) is 2. The Morgan fingerprint density at radius 1 is 1.28 bits per heavy atom. The minimum Gasteiger partial charge on any atom is -0.478 e. The molecule has 0 radical (unpaired) electrons. The smallest absolute Gasteiger partial charge is 0.328 e. The molecule has 11 nitrogen and oxygen atoms in total. The van der Waals surface area contributed by atoms with Crippen LogP contribution in [0.1, 0.15) is 25.5 Å². The number of rotatable bonds is 11. The van der Waals surface area contributed by atoms with Crippen LogP contribution in [0.4, 0.5) is 5.13 Å². The standard InChI is InChI=1S/C13H23N5O2S.C4H4O4/c1-10(19)15-6-4-3-5-11-9-21-13(17-11)18-12(14)16-7-8-20-2;5-3(6)1-2-4(7)8/h9H,3-8H2,1-2H3,(H,15,19)(H3,14,16,17,18);1-2H,(H,5,6)(H,7,8)/b;2-1-. The Morgan fingerprint density at radius 2 is 1.93 bits per heavy atom. The molecule has 1 rings (SSSR count). The van der Waals surface area contributed by atoms with Crippen molar-refractivity contribution in [3.63, 3.8) is 0 Å². The number of carbonyl (C=O) groups is 3. The molecule has 162 valence electrons. The fourth-order valence-electron chi connectivity index (χ4n) is 1.72. The summed E-state index contributed by atoms with van der Waals surface area (Å²) in [5.74, 6) is -2.16. The van der Waals surface area contributed by atoms with E-state index < -0.39 is 11.9 Å². The van der Waals surface area contributed by atoms with Gasteiger partial charge in [-0.15, -0.1) is 11.3 Å². The molecule has 1 amide bonds. The van der Waals surface area contributed by atoms with Crippen LogP contribution in [0.15, 0.2) is 22.5 Å². The first-order chi connectivity index (χ1) is 13.7. The van der Waals surface area contributed by atoms with Crippen molar-refractivity contribution in [1.29, 1.82) is 0 Å². The number of aryl methyl sites for hydroxylation is 1. The second-order valence-electron chi connectivity index (χ2n) is 5.48. The average molecular weight is 429 g/mol. The van der Waals surface area contributed by atoms with Crippen molar-refractivity contribution in [3.05, 3.63) is 23.2 Å². The molecule has 0 fully saturated rings. The first kappa shape index (κ1) is 26.0. The molecule has 1 heterocycles. The summed E-state index contributed by atoms with van der Waals surface area (Å²) < 4.78 is 4.90. The van der Waals surface area contributed by atoms with Gasteiger partial charge in [0.25, 0.3) is 0 Å². The number of thiazole rings is 1. The summed E-state index contributed by atoms with van der Waals surface area (Å²) in [5.41, 5.74) is 6.76. The van der Waals surface area contributed by atoms with Crippen LogP contribution in [0, 0.1) is 0 Å². The lowest BCUT2D eigenvalue weighted by molar-refractivity contribution is -0.134. The minimum absolute atomic E-state index is 0.0124. The summed E-state index contributed by atoms with van der Waals surface area (Å²) >= 11 is 1.50. The third-order valence-corrected chi connectivity index (χ3v) is 3.77. The van der Waals surface area contributed by atoms with Gasteiger partial charge >= 0.3 is 11.9 Å². The minimum atomic E-state index is -1.26. The van der Waals surface area contributed by atoms with Crippen molar-refractivity contribution in [2.75, 3.05) is 32.1 Å². The second kappa shape index (κ2) is 16.0. The first-order valence-electron chi connectivity index (χ1n) is 8.63. The zero-order chi connectivity index (χ0) is 22.1. The first-order valence-corrected chi connectivity index (χ1v) is 9.51. The Balaban J connectivity index is 0.000000828. The highest BCUT2D eigenvalue weighted by Crippen LogP contribution is 2.16. The number of hydrogen-bond acceptors (Lipinski definition) is 7. The molecular weight excluding hydrogens is 402 g/mol. The number of amides is 1. The van der Waals surface area contributed by atoms with Gasteiger partial charge in [0, 0.05) is 38.1 Å². The van der Waals surface area contributed by atoms with Crippen molar-refractivity contribution in [2.24, 2.45) is 10.7 Å². The summed E-state index contributed by atoms with van der Waals surface area (Å²) in [6.45, 7) is 3.30. The zero-order valence-corrected chi connectivity index (χ0v) is 17.2. The van der Waals surface area contributed by atoms with E-state index in [0.717, 1.165) is 30.1 Å². The van der Waals surface area contributed by atoms with Gasteiger partial charge in [-0.25, -0.2) is 14.6 Å². The molecule has 0 saturated heterocycles. The van der Waals surface area contributed by atoms with Gasteiger partial charge in [0.15, 0.2) is 11.1 Å². The monoisotopic (exact) mass is 429 g/mol. The number of anilines is 1. The average Bonchev–Trinajstić information content (AvgIpc) is 3.07. The number of carbonyl (C=O) groups excluding carboxylic acids is 1. The number of methoxy groups -OCH3 is 1. The van der Waals surface area contributed by atoms with Gasteiger partial charge in [-0.1, -0.05) is 0 Å². The summed E-state index contributed by atoms with van der Waals surface area (Å²) in [4.78, 5) is 38.4. The van der Waals surface area contributed by atoms with Crippen molar-refractivity contribution >= 4 is 40.3 Å². The molecule has 0 aromatic carbocycles. The molecule has 0 bridgehead atoms. The maximum atomic E-state index is 10.7. The molecule has 0 unspecified atom stereocenters. The fourth-order valence-corrected chi connectivity index (χ4v) is 2.48. The highest BCUT2D eigenvalue weighted by atomic mass is 32.1. The molecule has 1 aromatic heterocycles. The molecular formula is C17H27N5O6S. The van der Waals surface area contributed by atoms with E-state index in [0.29, 0.717) is 37.8 Å². The maximum Gasteiger partial charge on any atom is 0.328 e. The van der Waals surface area contributed by atoms with Crippen LogP contribution in [0.2, 0.25) is 0 Å². The molecule has 29 heavy (non-hydrogen) atoms. The van der Waals surface area contributed by atoms with Gasteiger partial charge in [0.05, 0.1) is 18.8 Å². The number of aliphatic imine (C=N–C) groups is 1. The lowest BCUT2D eigenvalue weighted by Gasteiger charge is -2.02. The number of guanidine groups is 1. The van der Waals surface area contributed by atoms with Crippen LogP contribution in [-0.2, 0) is 25.5 Å². The Morgan fingerprint density at radius 3 is 2.48 bits per heavy atom. The van der Waals surface area contributed by atoms with Crippen LogP contribution in [0.3, 0.4) is 0 Å². The van der Waals surface area contributed by atoms with Gasteiger partial charge in [0.2, 0.25) is 5.91 Å². The number of hydrogen-bond donors (Lipinski definition) is 5. The van der Waals surface area contributed by atoms with Gasteiger partial charge in [-0.2, -0.15) is 0 Å². The number of unbranched alkanes of at least 4 members (excludes halogenated alkanes) is 1. The van der Waals surface area contributed by atoms with Gasteiger partial charge in [0.1, 0.15) is 0 Å². The van der Waals surface area contributed by atoms with Crippen LogP contribution >= 0.6 is 11.3 Å². The number of nitrogens with zero attached hydrogens (tertiary/aromatic N) is 2. The number of nitrogens with two attached hydrogens (primary N) is 1. The fraction of sp³-hybridized carbons (Fsp3) is 0.471. The van der Waals surface area contributed by atoms with E-state index in [4.69, 9.17) is 20.7 Å². The number of aromatic nitrogens is 1. The SMILES string of the molecule is COCCN=C(N)Nc1nc(CCCCNC(C)=O)cs1.O=C(O)/C=C\C(=O)O. The molecule has 0 aliphatic carbocycles. The van der Waals surface area contributed by atoms with E-state index in [1.807, 2.05) is 5.38 Å². The van der Waals surface area contributed by atoms with Crippen LogP contribution < -0.4 is 16.4 Å². The lowest BCUT2D eigenvalue weighted by Crippen LogP contribution is -2.23. The van der Waals surface area contributed by atoms with Crippen molar-refractivity contribution < 1.29 is 29.3 Å². The Bertz CT molecular complexity index is 688. The molecule has 0 aliphatic heterocycles. The van der Waals surface area contributed by atoms with E-state index in [2.05, 4.69) is 20.6 Å². The second-order valence-corrected chi connectivity index (χ2v) is 6.34. The normalized spacial score (nSPS) is 10.9. The Labute approximate surface area is 172 Å². The molecule has 0 spiro atoms. The predicted molar refractivity (Wildman–Crippen MR) is 110 cm³/mol. The zero-order valence-electron chi connectivity index (χ0n) is 16.4. The third kappa shape index (κ3) is 16.9. The van der Waals surface area contributed by atoms with E-state index in [1.54, 1.807) is 7.11 Å². The van der Waals surface area contributed by atoms with E-state index in [-0.39, 0.29) is 5.91 Å². The van der Waals surface area contributed by atoms with E-state index >= 15 is 0 Å². The lowest BCUT2D eigenvalue weighted by atomic mass is 10.2. The van der Waals surface area contributed by atoms with Gasteiger partial charge in [-0.3, -0.25) is 9.79 Å². The van der Waals surface area contributed by atoms with E-state index in [9.17, 15) is 14.4 Å². The maximum absolute atomic E-state index is 10.7. The molecule has 12 heteroatoms. The number of aliphatic carboxylic acids is 2. The van der Waals surface area contributed by atoms with Gasteiger partial charge < -0.3 is 31.3 Å². The number of ether oxygens (including phenoxy) is 1. The Kier molecular flexibility index (Phi) is 14.4. The van der Waals surface area contributed by atoms with Crippen LogP contribution in [-0.4, -0.2) is 65.8 Å². The third-order valence-electron chi connectivity index (χ3n) is 2.97. The molecule has 0 atom stereocenters. The number of nitrogens with one attached hydrogen (secondary N) is 2. The van der Waals surface area contributed by atoms with Crippen molar-refractivity contribution in [3.8, 4) is 0 Å². The molecule has 0 saturated carbocycles. The van der Waals surface area contributed by atoms with E-state index in [1.165, 1.54) is 18.3 Å². The predicted octanol–water partition coefficient (Wildman–Crippen LogP) is 0.687. The Hall–Kier alpha value is -2.99. The molecule has 1 aromatic rings. The van der Waals surface area contributed by atoms with Crippen molar-refractivity contribution in [1.82, 2.24) is 10.3 Å². The summed E-state index contributed by atoms with van der Waals surface area (Å²) in [6.07, 6.45) is 3.94. The van der Waals surface area contributed by atoms with Crippen LogP contribution in [0.25, 0.3) is 0 Å². The van der Waals surface area contributed by atoms with Crippen LogP contribution in [0.5, 0.6) is 0 Å². The summed E-state index contributed by atoms with van der Waals surface area (Å²) in [6, 6.07) is 0. The summed E-state index contributed by atoms with van der Waals surface area (Å²) in [5, 5.41) is 24.1. The quantitative estimate of drug-likeness (QED) is 0.146. The summed E-state index contributed by atoms with van der Waals surface area (Å²) in [7, 11) is 1.62. The highest BCUT2D eigenvalue weighted by molar-refractivity contribution is 7.13. The van der Waals surface area contributed by atoms with Crippen molar-refractivity contribution in [2.45, 2.75) is 26.2 Å². The molecule has 6 N–H and O–H groups in total. The molecule has 0 aliphatic rings. The largest absolute Gasteiger partial charge is 0.478 e. The topological polar surface area (TPSA) is 176 Å². The number of carboxylic acids is 2. The highest BCUT2D eigenvalue weighted by Gasteiger charge is 2.03. The van der Waals surface area contributed by atoms with Gasteiger partial charge in [-0.05, 0) is 19.3 Å².